The van der Waals surface area contributed by atoms with Crippen LogP contribution in [0, 0.1) is 12.8 Å². The van der Waals surface area contributed by atoms with Crippen LogP contribution in [0.2, 0.25) is 0 Å². The van der Waals surface area contributed by atoms with E-state index in [1.807, 2.05) is 24.0 Å². The number of piperazine rings is 1. The van der Waals surface area contributed by atoms with Gasteiger partial charge in [0.05, 0.1) is 5.56 Å². The third kappa shape index (κ3) is 5.69. The Bertz CT molecular complexity index is 988. The van der Waals surface area contributed by atoms with Gasteiger partial charge in [-0.05, 0) is 25.8 Å². The van der Waals surface area contributed by atoms with E-state index in [9.17, 15) is 14.4 Å². The van der Waals surface area contributed by atoms with E-state index in [2.05, 4.69) is 10.2 Å². The summed E-state index contributed by atoms with van der Waals surface area (Å²) in [5.74, 6) is 0.179. The van der Waals surface area contributed by atoms with Crippen molar-refractivity contribution in [3.63, 3.8) is 0 Å². The number of nitrogens with zero attached hydrogens (tertiary/aromatic N) is 2. The van der Waals surface area contributed by atoms with E-state index in [4.69, 9.17) is 0 Å². The van der Waals surface area contributed by atoms with Gasteiger partial charge in [0, 0.05) is 56.3 Å². The standard InChI is InChI=1S/C27H33N3O3/c1-20-10-12-21(13-11-20)25(31)23-8-4-5-9-24(23)26(32)28-14-15-29-16-18-30(19-17-29)27(33)22-6-2-3-7-22/h4-5,8-13,22H,2-3,6-7,14-19H2,1H3,(H,28,32). The van der Waals surface area contributed by atoms with Gasteiger partial charge in [-0.3, -0.25) is 19.3 Å². The van der Waals surface area contributed by atoms with Crippen LogP contribution in [0.3, 0.4) is 0 Å². The minimum Gasteiger partial charge on any atom is -0.351 e. The van der Waals surface area contributed by atoms with Crippen molar-refractivity contribution < 1.29 is 14.4 Å². The molecule has 1 heterocycles. The van der Waals surface area contributed by atoms with Crippen molar-refractivity contribution in [2.75, 3.05) is 39.3 Å². The Hall–Kier alpha value is -2.99. The summed E-state index contributed by atoms with van der Waals surface area (Å²) >= 11 is 0. The van der Waals surface area contributed by atoms with Crippen molar-refractivity contribution in [3.8, 4) is 0 Å². The second-order valence-electron chi connectivity index (χ2n) is 9.14. The van der Waals surface area contributed by atoms with Gasteiger partial charge in [-0.15, -0.1) is 0 Å². The molecule has 2 aromatic rings. The minimum absolute atomic E-state index is 0.149. The maximum absolute atomic E-state index is 13.0. The third-order valence-corrected chi connectivity index (χ3v) is 6.83. The van der Waals surface area contributed by atoms with E-state index in [-0.39, 0.29) is 17.6 Å². The van der Waals surface area contributed by atoms with Gasteiger partial charge in [0.25, 0.3) is 5.91 Å². The van der Waals surface area contributed by atoms with E-state index in [0.29, 0.717) is 29.1 Å². The number of carbonyl (C=O) groups is 3. The van der Waals surface area contributed by atoms with Gasteiger partial charge in [-0.2, -0.15) is 0 Å². The van der Waals surface area contributed by atoms with Crippen LogP contribution in [0.25, 0.3) is 0 Å². The molecule has 174 valence electrons. The van der Waals surface area contributed by atoms with Gasteiger partial charge in [-0.25, -0.2) is 0 Å². The van der Waals surface area contributed by atoms with Crippen LogP contribution >= 0.6 is 0 Å². The van der Waals surface area contributed by atoms with Gasteiger partial charge in [0.2, 0.25) is 5.91 Å². The van der Waals surface area contributed by atoms with Crippen molar-refractivity contribution in [2.24, 2.45) is 5.92 Å². The van der Waals surface area contributed by atoms with Gasteiger partial charge >= 0.3 is 0 Å². The van der Waals surface area contributed by atoms with Crippen molar-refractivity contribution in [2.45, 2.75) is 32.6 Å². The number of carbonyl (C=O) groups excluding carboxylic acids is 3. The molecule has 1 aliphatic carbocycles. The van der Waals surface area contributed by atoms with E-state index in [0.717, 1.165) is 51.1 Å². The molecule has 2 aromatic carbocycles. The number of hydrogen-bond acceptors (Lipinski definition) is 4. The SMILES string of the molecule is Cc1ccc(C(=O)c2ccccc2C(=O)NCCN2CCN(C(=O)C3CCCC3)CC2)cc1. The molecule has 1 saturated carbocycles. The molecule has 0 aromatic heterocycles. The fraction of sp³-hybridized carbons (Fsp3) is 0.444. The lowest BCUT2D eigenvalue weighted by Crippen LogP contribution is -2.51. The van der Waals surface area contributed by atoms with Crippen molar-refractivity contribution in [1.82, 2.24) is 15.1 Å². The quantitative estimate of drug-likeness (QED) is 0.662. The molecule has 1 N–H and O–H groups in total. The molecule has 6 nitrogen and oxygen atoms in total. The summed E-state index contributed by atoms with van der Waals surface area (Å²) in [4.78, 5) is 42.7. The average molecular weight is 448 g/mol. The Labute approximate surface area is 196 Å². The largest absolute Gasteiger partial charge is 0.351 e. The van der Waals surface area contributed by atoms with Gasteiger partial charge in [-0.1, -0.05) is 60.9 Å². The van der Waals surface area contributed by atoms with E-state index in [1.54, 1.807) is 36.4 Å². The summed E-state index contributed by atoms with van der Waals surface area (Å²) in [6, 6.07) is 14.4. The second-order valence-corrected chi connectivity index (χ2v) is 9.14. The smallest absolute Gasteiger partial charge is 0.252 e. The maximum Gasteiger partial charge on any atom is 0.252 e. The Balaban J connectivity index is 1.27. The molecule has 33 heavy (non-hydrogen) atoms. The Morgan fingerprint density at radius 1 is 0.879 bits per heavy atom. The van der Waals surface area contributed by atoms with Crippen LogP contribution in [0.5, 0.6) is 0 Å². The van der Waals surface area contributed by atoms with Crippen LogP contribution in [0.4, 0.5) is 0 Å². The number of rotatable bonds is 7. The minimum atomic E-state index is -0.235. The van der Waals surface area contributed by atoms with Crippen LogP contribution < -0.4 is 5.32 Å². The predicted molar refractivity (Wildman–Crippen MR) is 128 cm³/mol. The molecule has 0 bridgehead atoms. The molecule has 0 atom stereocenters. The monoisotopic (exact) mass is 447 g/mol. The molecule has 1 saturated heterocycles. The van der Waals surface area contributed by atoms with Crippen molar-refractivity contribution in [1.29, 1.82) is 0 Å². The molecular formula is C27H33N3O3. The summed E-state index contributed by atoms with van der Waals surface area (Å²) < 4.78 is 0. The molecule has 4 rings (SSSR count). The summed E-state index contributed by atoms with van der Waals surface area (Å²) in [6.07, 6.45) is 4.43. The molecule has 1 aliphatic heterocycles. The summed E-state index contributed by atoms with van der Waals surface area (Å²) in [5, 5.41) is 2.97. The first-order valence-electron chi connectivity index (χ1n) is 12.0. The first-order chi connectivity index (χ1) is 16.0. The first-order valence-corrected chi connectivity index (χ1v) is 12.0. The molecule has 0 radical (unpaired) electrons. The fourth-order valence-electron chi connectivity index (χ4n) is 4.79. The highest BCUT2D eigenvalue weighted by atomic mass is 16.2. The normalized spacial score (nSPS) is 17.2. The fourth-order valence-corrected chi connectivity index (χ4v) is 4.79. The van der Waals surface area contributed by atoms with Gasteiger partial charge in [0.15, 0.2) is 5.78 Å². The van der Waals surface area contributed by atoms with Gasteiger partial charge < -0.3 is 10.2 Å². The first kappa shape index (κ1) is 23.2. The number of nitrogens with one attached hydrogen (secondary N) is 1. The lowest BCUT2D eigenvalue weighted by atomic mass is 9.97. The van der Waals surface area contributed by atoms with Crippen LogP contribution in [-0.4, -0.2) is 66.7 Å². The van der Waals surface area contributed by atoms with Crippen LogP contribution in [-0.2, 0) is 4.79 Å². The molecule has 0 spiro atoms. The lowest BCUT2D eigenvalue weighted by molar-refractivity contribution is -0.137. The number of aryl methyl sites for hydroxylation is 1. The Morgan fingerprint density at radius 2 is 1.52 bits per heavy atom. The van der Waals surface area contributed by atoms with Crippen molar-refractivity contribution in [3.05, 3.63) is 70.8 Å². The number of benzene rings is 2. The zero-order valence-electron chi connectivity index (χ0n) is 19.4. The summed E-state index contributed by atoms with van der Waals surface area (Å²) in [6.45, 7) is 6.39. The Kier molecular flexibility index (Phi) is 7.55. The highest BCUT2D eigenvalue weighted by Gasteiger charge is 2.29. The third-order valence-electron chi connectivity index (χ3n) is 6.83. The highest BCUT2D eigenvalue weighted by molar-refractivity contribution is 6.15. The zero-order valence-corrected chi connectivity index (χ0v) is 19.4. The molecule has 2 aliphatic rings. The topological polar surface area (TPSA) is 69.7 Å². The molecule has 0 unspecified atom stereocenters. The molecular weight excluding hydrogens is 414 g/mol. The second kappa shape index (κ2) is 10.8. The number of hydrogen-bond donors (Lipinski definition) is 1. The molecule has 2 fully saturated rings. The number of amides is 2. The summed E-state index contributed by atoms with van der Waals surface area (Å²) in [7, 11) is 0. The van der Waals surface area contributed by atoms with E-state index in [1.165, 1.54) is 12.8 Å². The molecule has 2 amide bonds. The maximum atomic E-state index is 13.0. The van der Waals surface area contributed by atoms with E-state index < -0.39 is 0 Å². The Morgan fingerprint density at radius 3 is 2.18 bits per heavy atom. The average Bonchev–Trinajstić information content (AvgIpc) is 3.39. The van der Waals surface area contributed by atoms with Crippen LogP contribution in [0.1, 0.15) is 57.5 Å². The predicted octanol–water partition coefficient (Wildman–Crippen LogP) is 3.29. The summed E-state index contributed by atoms with van der Waals surface area (Å²) in [5.41, 5.74) is 2.47. The van der Waals surface area contributed by atoms with Crippen molar-refractivity contribution >= 4 is 17.6 Å². The lowest BCUT2D eigenvalue weighted by Gasteiger charge is -2.36. The highest BCUT2D eigenvalue weighted by Crippen LogP contribution is 2.26. The van der Waals surface area contributed by atoms with E-state index >= 15 is 0 Å². The zero-order chi connectivity index (χ0) is 23.2. The van der Waals surface area contributed by atoms with Gasteiger partial charge in [0.1, 0.15) is 0 Å². The van der Waals surface area contributed by atoms with Crippen LogP contribution in [0.15, 0.2) is 48.5 Å². The number of ketones is 1. The molecule has 6 heteroatoms.